The number of ether oxygens (including phenoxy) is 1. The molecule has 1 heterocycles. The molecule has 3 nitrogen and oxygen atoms in total. The molecule has 0 N–H and O–H groups in total. The van der Waals surface area contributed by atoms with Gasteiger partial charge in [-0.3, -0.25) is 9.69 Å². The second-order valence-corrected chi connectivity index (χ2v) is 6.59. The Labute approximate surface area is 169 Å². The molecule has 4 rings (SSSR count). The maximum Gasteiger partial charge on any atom is 0.263 e. The Morgan fingerprint density at radius 3 is 2.31 bits per heavy atom. The number of carbonyl (C=O) groups excluding carboxylic acids is 1. The number of carbonyl (C=O) groups is 1. The average Bonchev–Trinajstić information content (AvgIpc) is 3.07. The van der Waals surface area contributed by atoms with Gasteiger partial charge < -0.3 is 4.74 Å². The Hall–Kier alpha value is -3.66. The van der Waals surface area contributed by atoms with Gasteiger partial charge in [-0.25, -0.2) is 4.39 Å². The molecule has 1 amide bonds. The van der Waals surface area contributed by atoms with Crippen molar-refractivity contribution in [3.05, 3.63) is 107 Å². The first-order chi connectivity index (χ1) is 14.2. The third-order valence-corrected chi connectivity index (χ3v) is 4.66. The number of para-hydroxylation sites is 1. The van der Waals surface area contributed by atoms with Crippen LogP contribution in [0.1, 0.15) is 18.1 Å². The van der Waals surface area contributed by atoms with Crippen molar-refractivity contribution in [2.75, 3.05) is 11.5 Å². The molecular weight excluding hydrogens is 365 g/mol. The van der Waals surface area contributed by atoms with E-state index in [9.17, 15) is 9.18 Å². The number of benzene rings is 3. The number of halogens is 1. The van der Waals surface area contributed by atoms with Crippen LogP contribution in [0.15, 0.2) is 90.5 Å². The monoisotopic (exact) mass is 385 g/mol. The largest absolute Gasteiger partial charge is 0.494 e. The Morgan fingerprint density at radius 2 is 1.62 bits per heavy atom. The molecule has 0 saturated heterocycles. The summed E-state index contributed by atoms with van der Waals surface area (Å²) in [5.41, 5.74) is 3.10. The van der Waals surface area contributed by atoms with Gasteiger partial charge in [-0.15, -0.1) is 0 Å². The summed E-state index contributed by atoms with van der Waals surface area (Å²) in [6.07, 6.45) is 3.61. The molecule has 0 saturated carbocycles. The van der Waals surface area contributed by atoms with Crippen LogP contribution < -0.4 is 9.64 Å². The fourth-order valence-corrected chi connectivity index (χ4v) is 3.32. The zero-order chi connectivity index (χ0) is 20.2. The smallest absolute Gasteiger partial charge is 0.263 e. The van der Waals surface area contributed by atoms with E-state index >= 15 is 0 Å². The van der Waals surface area contributed by atoms with Gasteiger partial charge in [0, 0.05) is 5.57 Å². The number of hydrogen-bond acceptors (Lipinski definition) is 2. The molecule has 3 aromatic carbocycles. The van der Waals surface area contributed by atoms with Crippen LogP contribution in [0.25, 0.3) is 11.8 Å². The summed E-state index contributed by atoms with van der Waals surface area (Å²) >= 11 is 0. The van der Waals surface area contributed by atoms with Crippen LogP contribution in [0.4, 0.5) is 10.1 Å². The summed E-state index contributed by atoms with van der Waals surface area (Å²) in [4.78, 5) is 14.7. The third kappa shape index (κ3) is 3.83. The number of hydrogen-bond donors (Lipinski definition) is 0. The third-order valence-electron chi connectivity index (χ3n) is 4.66. The van der Waals surface area contributed by atoms with Crippen molar-refractivity contribution in [3.63, 3.8) is 0 Å². The van der Waals surface area contributed by atoms with E-state index in [0.29, 0.717) is 17.9 Å². The molecule has 0 atom stereocenters. The van der Waals surface area contributed by atoms with E-state index < -0.39 is 5.82 Å². The minimum Gasteiger partial charge on any atom is -0.494 e. The maximum atomic E-state index is 14.5. The van der Waals surface area contributed by atoms with Crippen molar-refractivity contribution >= 4 is 23.4 Å². The summed E-state index contributed by atoms with van der Waals surface area (Å²) in [6, 6.07) is 23.4. The van der Waals surface area contributed by atoms with Crippen LogP contribution in [-0.4, -0.2) is 12.5 Å². The fourth-order valence-electron chi connectivity index (χ4n) is 3.32. The van der Waals surface area contributed by atoms with Crippen LogP contribution in [-0.2, 0) is 4.79 Å². The molecule has 4 heteroatoms. The molecule has 0 bridgehead atoms. The quantitative estimate of drug-likeness (QED) is 0.528. The zero-order valence-corrected chi connectivity index (χ0v) is 16.0. The molecule has 1 aliphatic rings. The minimum atomic E-state index is -0.440. The Kier molecular flexibility index (Phi) is 5.25. The van der Waals surface area contributed by atoms with E-state index in [1.54, 1.807) is 24.3 Å². The van der Waals surface area contributed by atoms with Crippen LogP contribution >= 0.6 is 0 Å². The highest BCUT2D eigenvalue weighted by molar-refractivity contribution is 6.23. The number of rotatable bonds is 5. The van der Waals surface area contributed by atoms with Gasteiger partial charge in [0.15, 0.2) is 0 Å². The van der Waals surface area contributed by atoms with Crippen LogP contribution in [0.5, 0.6) is 5.75 Å². The molecule has 0 fully saturated rings. The van der Waals surface area contributed by atoms with Crippen LogP contribution in [0.3, 0.4) is 0 Å². The summed E-state index contributed by atoms with van der Waals surface area (Å²) in [5.74, 6) is 0.0775. The molecule has 0 aliphatic carbocycles. The Bertz CT molecular complexity index is 1090. The molecular formula is C25H20FNO2. The Morgan fingerprint density at radius 1 is 0.931 bits per heavy atom. The van der Waals surface area contributed by atoms with Crippen LogP contribution in [0, 0.1) is 5.82 Å². The van der Waals surface area contributed by atoms with Crippen molar-refractivity contribution in [1.29, 1.82) is 0 Å². The summed E-state index contributed by atoms with van der Waals surface area (Å²) in [6.45, 7) is 2.53. The topological polar surface area (TPSA) is 29.5 Å². The van der Waals surface area contributed by atoms with Gasteiger partial charge in [-0.1, -0.05) is 54.6 Å². The lowest BCUT2D eigenvalue weighted by atomic mass is 10.1. The summed E-state index contributed by atoms with van der Waals surface area (Å²) in [7, 11) is 0. The van der Waals surface area contributed by atoms with Gasteiger partial charge >= 0.3 is 0 Å². The first-order valence-corrected chi connectivity index (χ1v) is 9.48. The zero-order valence-electron chi connectivity index (χ0n) is 16.0. The van der Waals surface area contributed by atoms with Crippen molar-refractivity contribution in [1.82, 2.24) is 0 Å². The number of nitrogens with zero attached hydrogens (tertiary/aromatic N) is 1. The second kappa shape index (κ2) is 8.15. The highest BCUT2D eigenvalue weighted by atomic mass is 19.1. The molecule has 0 radical (unpaired) electrons. The summed E-state index contributed by atoms with van der Waals surface area (Å²) < 4.78 is 20.0. The van der Waals surface area contributed by atoms with E-state index in [2.05, 4.69) is 0 Å². The first kappa shape index (κ1) is 18.7. The molecule has 29 heavy (non-hydrogen) atoms. The van der Waals surface area contributed by atoms with Gasteiger partial charge in [0.05, 0.1) is 18.0 Å². The molecule has 0 unspecified atom stereocenters. The number of anilines is 1. The first-order valence-electron chi connectivity index (χ1n) is 9.48. The number of amides is 1. The van der Waals surface area contributed by atoms with E-state index in [4.69, 9.17) is 4.74 Å². The lowest BCUT2D eigenvalue weighted by Crippen LogP contribution is -2.25. The van der Waals surface area contributed by atoms with Crippen molar-refractivity contribution in [3.8, 4) is 5.75 Å². The van der Waals surface area contributed by atoms with Crippen LogP contribution in [0.2, 0.25) is 0 Å². The van der Waals surface area contributed by atoms with Gasteiger partial charge in [0.25, 0.3) is 5.91 Å². The standard InChI is InChI=1S/C25H20FNO2/c1-2-29-21-14-12-18(13-15-21)16-20-17-24(19-8-4-3-5-9-19)27(25(20)28)23-11-7-6-10-22(23)26/h3-17H,2H2,1H3/b20-16+. The minimum absolute atomic E-state index is 0.239. The lowest BCUT2D eigenvalue weighted by molar-refractivity contribution is -0.113. The van der Waals surface area contributed by atoms with Gasteiger partial charge in [-0.2, -0.15) is 0 Å². The Balaban J connectivity index is 1.77. The van der Waals surface area contributed by atoms with E-state index in [1.807, 2.05) is 67.6 Å². The molecule has 144 valence electrons. The highest BCUT2D eigenvalue weighted by Crippen LogP contribution is 2.36. The fraction of sp³-hybridized carbons (Fsp3) is 0.0800. The molecule has 1 aliphatic heterocycles. The second-order valence-electron chi connectivity index (χ2n) is 6.59. The molecule has 0 spiro atoms. The van der Waals surface area contributed by atoms with Gasteiger partial charge in [0.2, 0.25) is 0 Å². The van der Waals surface area contributed by atoms with Gasteiger partial charge in [0.1, 0.15) is 11.6 Å². The normalized spacial score (nSPS) is 15.0. The predicted octanol–water partition coefficient (Wildman–Crippen LogP) is 5.70. The summed E-state index contributed by atoms with van der Waals surface area (Å²) in [5, 5.41) is 0. The van der Waals surface area contributed by atoms with E-state index in [0.717, 1.165) is 16.9 Å². The van der Waals surface area contributed by atoms with Gasteiger partial charge in [-0.05, 0) is 54.5 Å². The molecule has 3 aromatic rings. The predicted molar refractivity (Wildman–Crippen MR) is 114 cm³/mol. The highest BCUT2D eigenvalue weighted by Gasteiger charge is 2.31. The lowest BCUT2D eigenvalue weighted by Gasteiger charge is -2.21. The molecule has 0 aromatic heterocycles. The van der Waals surface area contributed by atoms with Crippen molar-refractivity contribution < 1.29 is 13.9 Å². The maximum absolute atomic E-state index is 14.5. The average molecular weight is 385 g/mol. The van der Waals surface area contributed by atoms with Crippen molar-refractivity contribution in [2.45, 2.75) is 6.92 Å². The van der Waals surface area contributed by atoms with E-state index in [-0.39, 0.29) is 11.6 Å². The van der Waals surface area contributed by atoms with E-state index in [1.165, 1.54) is 11.0 Å². The SMILES string of the molecule is CCOc1ccc(/C=C2\C=C(c3ccccc3)N(c3ccccc3F)C2=O)cc1. The van der Waals surface area contributed by atoms with Crippen molar-refractivity contribution in [2.24, 2.45) is 0 Å².